The van der Waals surface area contributed by atoms with Crippen LogP contribution in [0.3, 0.4) is 0 Å². The predicted octanol–water partition coefficient (Wildman–Crippen LogP) is 0.982. The van der Waals surface area contributed by atoms with Crippen LogP contribution in [0.1, 0.15) is 24.4 Å². The number of rotatable bonds is 4. The summed E-state index contributed by atoms with van der Waals surface area (Å²) in [6, 6.07) is 9.62. The lowest BCUT2D eigenvalue weighted by Crippen LogP contribution is -2.39. The highest BCUT2D eigenvalue weighted by Gasteiger charge is 2.25. The van der Waals surface area contributed by atoms with Crippen LogP contribution in [0.25, 0.3) is 0 Å². The highest BCUT2D eigenvalue weighted by Crippen LogP contribution is 2.15. The quantitative estimate of drug-likeness (QED) is 0.816. The Labute approximate surface area is 101 Å². The van der Waals surface area contributed by atoms with Gasteiger partial charge in [-0.3, -0.25) is 4.79 Å². The molecular weight excluding hydrogens is 216 g/mol. The Balaban J connectivity index is 1.97. The van der Waals surface area contributed by atoms with Gasteiger partial charge in [-0.05, 0) is 18.4 Å². The van der Waals surface area contributed by atoms with E-state index in [1.54, 1.807) is 0 Å². The Kier molecular flexibility index (Phi) is 4.12. The smallest absolute Gasteiger partial charge is 0.249 e. The number of ether oxygens (including phenoxy) is 1. The van der Waals surface area contributed by atoms with Crippen molar-refractivity contribution in [2.45, 2.75) is 25.0 Å². The van der Waals surface area contributed by atoms with Gasteiger partial charge in [-0.15, -0.1) is 0 Å². The van der Waals surface area contributed by atoms with E-state index in [0.717, 1.165) is 18.4 Å². The maximum absolute atomic E-state index is 11.9. The molecule has 1 aliphatic rings. The third-order valence-electron chi connectivity index (χ3n) is 2.98. The zero-order valence-corrected chi connectivity index (χ0v) is 9.76. The van der Waals surface area contributed by atoms with Gasteiger partial charge in [0.2, 0.25) is 5.91 Å². The molecule has 0 aliphatic carbocycles. The molecule has 2 unspecified atom stereocenters. The first-order valence-corrected chi connectivity index (χ1v) is 5.98. The lowest BCUT2D eigenvalue weighted by Gasteiger charge is -2.19. The summed E-state index contributed by atoms with van der Waals surface area (Å²) >= 11 is 0. The largest absolute Gasteiger partial charge is 0.368 e. The molecule has 3 N–H and O–H groups in total. The summed E-state index contributed by atoms with van der Waals surface area (Å²) < 4.78 is 5.34. The minimum absolute atomic E-state index is 0.0539. The summed E-state index contributed by atoms with van der Waals surface area (Å²) in [6.07, 6.45) is 1.46. The van der Waals surface area contributed by atoms with Crippen LogP contribution in [0, 0.1) is 0 Å². The monoisotopic (exact) mass is 234 g/mol. The van der Waals surface area contributed by atoms with Gasteiger partial charge in [-0.1, -0.05) is 30.3 Å². The van der Waals surface area contributed by atoms with Crippen molar-refractivity contribution in [2.24, 2.45) is 5.73 Å². The molecule has 1 aliphatic heterocycles. The van der Waals surface area contributed by atoms with Crippen molar-refractivity contribution < 1.29 is 9.53 Å². The Bertz CT molecular complexity index is 361. The molecular formula is C13H18N2O2. The summed E-state index contributed by atoms with van der Waals surface area (Å²) in [5, 5.41) is 2.94. The molecule has 2 rings (SSSR count). The lowest BCUT2D eigenvalue weighted by atomic mass is 10.1. The normalized spacial score (nSPS) is 21.1. The van der Waals surface area contributed by atoms with Gasteiger partial charge in [-0.25, -0.2) is 0 Å². The van der Waals surface area contributed by atoms with Crippen LogP contribution in [0.2, 0.25) is 0 Å². The van der Waals surface area contributed by atoms with E-state index in [1.807, 2.05) is 30.3 Å². The summed E-state index contributed by atoms with van der Waals surface area (Å²) in [6.45, 7) is 1.07. The third-order valence-corrected chi connectivity index (χ3v) is 2.98. The van der Waals surface area contributed by atoms with Crippen LogP contribution in [0.5, 0.6) is 0 Å². The average Bonchev–Trinajstić information content (AvgIpc) is 2.90. The van der Waals surface area contributed by atoms with Gasteiger partial charge in [0.05, 0.1) is 6.04 Å². The van der Waals surface area contributed by atoms with Crippen molar-refractivity contribution in [3.8, 4) is 0 Å². The van der Waals surface area contributed by atoms with Crippen LogP contribution >= 0.6 is 0 Å². The van der Waals surface area contributed by atoms with Gasteiger partial charge >= 0.3 is 0 Å². The summed E-state index contributed by atoms with van der Waals surface area (Å²) in [5.41, 5.74) is 6.73. The van der Waals surface area contributed by atoms with Crippen LogP contribution in [0.15, 0.2) is 30.3 Å². The van der Waals surface area contributed by atoms with Gasteiger partial charge in [0.25, 0.3) is 0 Å². The molecule has 17 heavy (non-hydrogen) atoms. The SMILES string of the molecule is NCC(NC(=O)C1CCCO1)c1ccccc1. The van der Waals surface area contributed by atoms with E-state index in [-0.39, 0.29) is 18.1 Å². The van der Waals surface area contributed by atoms with Crippen LogP contribution in [0.4, 0.5) is 0 Å². The maximum Gasteiger partial charge on any atom is 0.249 e. The fraction of sp³-hybridized carbons (Fsp3) is 0.462. The number of nitrogens with two attached hydrogens (primary N) is 1. The molecule has 0 aromatic heterocycles. The van der Waals surface area contributed by atoms with Crippen molar-refractivity contribution in [1.29, 1.82) is 0 Å². The molecule has 1 heterocycles. The van der Waals surface area contributed by atoms with Crippen LogP contribution < -0.4 is 11.1 Å². The van der Waals surface area contributed by atoms with Gasteiger partial charge in [-0.2, -0.15) is 0 Å². The number of benzene rings is 1. The van der Waals surface area contributed by atoms with E-state index in [1.165, 1.54) is 0 Å². The summed E-state index contributed by atoms with van der Waals surface area (Å²) in [4.78, 5) is 11.9. The van der Waals surface area contributed by atoms with Crippen molar-refractivity contribution >= 4 is 5.91 Å². The number of carbonyl (C=O) groups is 1. The second-order valence-electron chi connectivity index (χ2n) is 4.21. The molecule has 4 heteroatoms. The third kappa shape index (κ3) is 3.05. The van der Waals surface area contributed by atoms with E-state index in [4.69, 9.17) is 10.5 Å². The van der Waals surface area contributed by atoms with Gasteiger partial charge in [0, 0.05) is 13.2 Å². The predicted molar refractivity (Wildman–Crippen MR) is 65.4 cm³/mol. The second kappa shape index (κ2) is 5.80. The minimum Gasteiger partial charge on any atom is -0.368 e. The molecule has 1 saturated heterocycles. The van der Waals surface area contributed by atoms with Crippen LogP contribution in [-0.4, -0.2) is 25.2 Å². The number of amides is 1. The van der Waals surface area contributed by atoms with Gasteiger partial charge in [0.15, 0.2) is 0 Å². The van der Waals surface area contributed by atoms with Crippen molar-refractivity contribution in [1.82, 2.24) is 5.32 Å². The molecule has 92 valence electrons. The molecule has 1 aromatic carbocycles. The van der Waals surface area contributed by atoms with Gasteiger partial charge in [0.1, 0.15) is 6.10 Å². The standard InChI is InChI=1S/C13H18N2O2/c14-9-11(10-5-2-1-3-6-10)15-13(16)12-7-4-8-17-12/h1-3,5-6,11-12H,4,7-9,14H2,(H,15,16). The molecule has 2 atom stereocenters. The van der Waals surface area contributed by atoms with Crippen LogP contribution in [-0.2, 0) is 9.53 Å². The Morgan fingerprint density at radius 3 is 2.82 bits per heavy atom. The lowest BCUT2D eigenvalue weighted by molar-refractivity contribution is -0.130. The highest BCUT2D eigenvalue weighted by atomic mass is 16.5. The summed E-state index contributed by atoms with van der Waals surface area (Å²) in [5.74, 6) is -0.0539. The topological polar surface area (TPSA) is 64.3 Å². The first-order chi connectivity index (χ1) is 8.31. The zero-order valence-electron chi connectivity index (χ0n) is 9.76. The van der Waals surface area contributed by atoms with E-state index in [0.29, 0.717) is 13.2 Å². The number of hydrogen-bond acceptors (Lipinski definition) is 3. The van der Waals surface area contributed by atoms with Crippen molar-refractivity contribution in [2.75, 3.05) is 13.2 Å². The van der Waals surface area contributed by atoms with Crippen molar-refractivity contribution in [3.05, 3.63) is 35.9 Å². The Morgan fingerprint density at radius 1 is 1.47 bits per heavy atom. The second-order valence-corrected chi connectivity index (χ2v) is 4.21. The minimum atomic E-state index is -0.298. The number of hydrogen-bond donors (Lipinski definition) is 2. The Hall–Kier alpha value is -1.39. The van der Waals surface area contributed by atoms with E-state index < -0.39 is 0 Å². The first kappa shape index (κ1) is 12.1. The molecule has 1 fully saturated rings. The fourth-order valence-electron chi connectivity index (χ4n) is 2.01. The summed E-state index contributed by atoms with van der Waals surface area (Å²) in [7, 11) is 0. The van der Waals surface area contributed by atoms with Crippen molar-refractivity contribution in [3.63, 3.8) is 0 Å². The molecule has 1 amide bonds. The van der Waals surface area contributed by atoms with E-state index in [9.17, 15) is 4.79 Å². The number of nitrogens with one attached hydrogen (secondary N) is 1. The fourth-order valence-corrected chi connectivity index (χ4v) is 2.01. The molecule has 0 saturated carbocycles. The van der Waals surface area contributed by atoms with Gasteiger partial charge < -0.3 is 15.8 Å². The maximum atomic E-state index is 11.9. The first-order valence-electron chi connectivity index (χ1n) is 5.98. The highest BCUT2D eigenvalue weighted by molar-refractivity contribution is 5.81. The number of carbonyl (C=O) groups excluding carboxylic acids is 1. The molecule has 4 nitrogen and oxygen atoms in total. The molecule has 0 spiro atoms. The molecule has 0 bridgehead atoms. The zero-order chi connectivity index (χ0) is 12.1. The molecule has 0 radical (unpaired) electrons. The average molecular weight is 234 g/mol. The van der Waals surface area contributed by atoms with E-state index in [2.05, 4.69) is 5.32 Å². The van der Waals surface area contributed by atoms with E-state index >= 15 is 0 Å². The molecule has 1 aromatic rings. The Morgan fingerprint density at radius 2 is 2.24 bits per heavy atom.